The molecule has 1 atom stereocenters. The van der Waals surface area contributed by atoms with Crippen molar-refractivity contribution in [1.82, 2.24) is 5.32 Å². The Labute approximate surface area is 112 Å². The van der Waals surface area contributed by atoms with E-state index >= 15 is 0 Å². The number of benzene rings is 2. The number of nitrogens with one attached hydrogen (secondary N) is 1. The van der Waals surface area contributed by atoms with Gasteiger partial charge in [0.25, 0.3) is 6.29 Å². The minimum absolute atomic E-state index is 0.0948. The van der Waals surface area contributed by atoms with Crippen LogP contribution in [0.25, 0.3) is 0 Å². The predicted molar refractivity (Wildman–Crippen MR) is 72.4 cm³/mol. The highest BCUT2D eigenvalue weighted by Crippen LogP contribution is 2.39. The zero-order chi connectivity index (χ0) is 12.7. The van der Waals surface area contributed by atoms with Crippen LogP contribution in [0.1, 0.15) is 17.2 Å². The van der Waals surface area contributed by atoms with Crippen LogP contribution >= 0.6 is 0 Å². The average Bonchev–Trinajstić information content (AvgIpc) is 2.90. The highest BCUT2D eigenvalue weighted by atomic mass is 16.7. The Kier molecular flexibility index (Phi) is 2.45. The number of ether oxygens (including phenoxy) is 2. The highest BCUT2D eigenvalue weighted by Gasteiger charge is 2.35. The molecule has 0 radical (unpaired) electrons. The molecule has 3 heteroatoms. The fourth-order valence-corrected chi connectivity index (χ4v) is 2.84. The van der Waals surface area contributed by atoms with Crippen LogP contribution in [-0.2, 0) is 6.42 Å². The van der Waals surface area contributed by atoms with Crippen molar-refractivity contribution in [3.8, 4) is 11.5 Å². The molecule has 0 saturated carbocycles. The van der Waals surface area contributed by atoms with Crippen LogP contribution in [0.2, 0.25) is 0 Å². The normalized spacial score (nSPS) is 21.2. The molecule has 0 fully saturated rings. The van der Waals surface area contributed by atoms with Crippen molar-refractivity contribution in [2.45, 2.75) is 18.8 Å². The quantitative estimate of drug-likeness (QED) is 0.847. The minimum Gasteiger partial charge on any atom is -0.449 e. The Bertz CT molecular complexity index is 586. The monoisotopic (exact) mass is 253 g/mol. The Hall–Kier alpha value is -2.00. The van der Waals surface area contributed by atoms with Gasteiger partial charge in [-0.15, -0.1) is 0 Å². The smallest absolute Gasteiger partial charge is 0.260 e. The zero-order valence-corrected chi connectivity index (χ0v) is 10.5. The first-order valence-corrected chi connectivity index (χ1v) is 6.65. The lowest BCUT2D eigenvalue weighted by Gasteiger charge is -2.29. The van der Waals surface area contributed by atoms with E-state index < -0.39 is 0 Å². The van der Waals surface area contributed by atoms with Crippen LogP contribution in [0.4, 0.5) is 0 Å². The van der Waals surface area contributed by atoms with Gasteiger partial charge in [0.1, 0.15) is 6.04 Å². The third-order valence-corrected chi connectivity index (χ3v) is 3.76. The standard InChI is InChI=1S/C16H15NO2/c1-2-6-12-11(5-1)9-10-17-15(12)16-18-13-7-3-4-8-14(13)19-16/h1-8,15-17H,9-10H2. The van der Waals surface area contributed by atoms with Gasteiger partial charge in [0.15, 0.2) is 11.5 Å². The van der Waals surface area contributed by atoms with Crippen molar-refractivity contribution >= 4 is 0 Å². The molecular weight excluding hydrogens is 238 g/mol. The van der Waals surface area contributed by atoms with Crippen LogP contribution < -0.4 is 14.8 Å². The molecule has 1 unspecified atom stereocenters. The summed E-state index contributed by atoms with van der Waals surface area (Å²) in [6, 6.07) is 16.4. The molecule has 2 aromatic rings. The van der Waals surface area contributed by atoms with Gasteiger partial charge in [0.2, 0.25) is 0 Å². The van der Waals surface area contributed by atoms with Crippen molar-refractivity contribution in [2.75, 3.05) is 6.54 Å². The molecule has 0 aromatic heterocycles. The Morgan fingerprint density at radius 2 is 1.58 bits per heavy atom. The van der Waals surface area contributed by atoms with Gasteiger partial charge in [-0.2, -0.15) is 0 Å². The van der Waals surface area contributed by atoms with E-state index in [-0.39, 0.29) is 12.3 Å². The van der Waals surface area contributed by atoms with Gasteiger partial charge in [-0.3, -0.25) is 0 Å². The van der Waals surface area contributed by atoms with Gasteiger partial charge in [-0.1, -0.05) is 36.4 Å². The van der Waals surface area contributed by atoms with Crippen LogP contribution in [0.5, 0.6) is 11.5 Å². The van der Waals surface area contributed by atoms with Crippen LogP contribution in [-0.4, -0.2) is 12.8 Å². The summed E-state index contributed by atoms with van der Waals surface area (Å²) in [4.78, 5) is 0. The van der Waals surface area contributed by atoms with E-state index in [1.54, 1.807) is 0 Å². The number of hydrogen-bond acceptors (Lipinski definition) is 3. The molecule has 2 aliphatic heterocycles. The first kappa shape index (κ1) is 10.9. The molecule has 96 valence electrons. The van der Waals surface area contributed by atoms with Crippen LogP contribution in [0, 0.1) is 0 Å². The summed E-state index contributed by atoms with van der Waals surface area (Å²) in [6.45, 7) is 0.960. The Morgan fingerprint density at radius 1 is 0.895 bits per heavy atom. The molecule has 1 N–H and O–H groups in total. The van der Waals surface area contributed by atoms with Crippen molar-refractivity contribution in [3.63, 3.8) is 0 Å². The molecule has 3 nitrogen and oxygen atoms in total. The van der Waals surface area contributed by atoms with Crippen LogP contribution in [0.3, 0.4) is 0 Å². The number of hydrogen-bond donors (Lipinski definition) is 1. The molecule has 2 aliphatic rings. The molecule has 4 rings (SSSR count). The van der Waals surface area contributed by atoms with Crippen LogP contribution in [0.15, 0.2) is 48.5 Å². The summed E-state index contributed by atoms with van der Waals surface area (Å²) in [6.07, 6.45) is 0.783. The van der Waals surface area contributed by atoms with E-state index in [9.17, 15) is 0 Å². The van der Waals surface area contributed by atoms with E-state index in [4.69, 9.17) is 9.47 Å². The molecular formula is C16H15NO2. The summed E-state index contributed by atoms with van der Waals surface area (Å²) in [7, 11) is 0. The Morgan fingerprint density at radius 3 is 2.37 bits per heavy atom. The molecule has 0 spiro atoms. The van der Waals surface area contributed by atoms with E-state index in [1.165, 1.54) is 11.1 Å². The third-order valence-electron chi connectivity index (χ3n) is 3.76. The van der Waals surface area contributed by atoms with E-state index in [2.05, 4.69) is 29.6 Å². The average molecular weight is 253 g/mol. The maximum Gasteiger partial charge on any atom is 0.260 e. The molecule has 2 heterocycles. The van der Waals surface area contributed by atoms with Gasteiger partial charge in [0, 0.05) is 6.54 Å². The molecule has 0 aliphatic carbocycles. The summed E-state index contributed by atoms with van der Waals surface area (Å²) in [5.74, 6) is 1.66. The van der Waals surface area contributed by atoms with E-state index in [0.29, 0.717) is 0 Å². The van der Waals surface area contributed by atoms with Gasteiger partial charge < -0.3 is 14.8 Å². The second-order valence-electron chi connectivity index (χ2n) is 4.93. The fourth-order valence-electron chi connectivity index (χ4n) is 2.84. The van der Waals surface area contributed by atoms with Crippen molar-refractivity contribution < 1.29 is 9.47 Å². The zero-order valence-electron chi connectivity index (χ0n) is 10.5. The number of para-hydroxylation sites is 2. The second-order valence-corrected chi connectivity index (χ2v) is 4.93. The molecule has 0 bridgehead atoms. The lowest BCUT2D eigenvalue weighted by atomic mass is 9.94. The topological polar surface area (TPSA) is 30.5 Å². The SMILES string of the molecule is c1ccc2c(c1)CCNC2C1Oc2ccccc2O1. The Balaban J connectivity index is 1.66. The second kappa shape index (κ2) is 4.28. The van der Waals surface area contributed by atoms with Crippen molar-refractivity contribution in [1.29, 1.82) is 0 Å². The van der Waals surface area contributed by atoms with Gasteiger partial charge in [-0.05, 0) is 29.7 Å². The van der Waals surface area contributed by atoms with Gasteiger partial charge in [-0.25, -0.2) is 0 Å². The molecule has 2 aromatic carbocycles. The minimum atomic E-state index is -0.279. The van der Waals surface area contributed by atoms with Gasteiger partial charge in [0.05, 0.1) is 0 Å². The first-order chi connectivity index (χ1) is 9.42. The fraction of sp³-hybridized carbons (Fsp3) is 0.250. The largest absolute Gasteiger partial charge is 0.449 e. The molecule has 0 saturated heterocycles. The van der Waals surface area contributed by atoms with Gasteiger partial charge >= 0.3 is 0 Å². The maximum atomic E-state index is 5.92. The van der Waals surface area contributed by atoms with E-state index in [0.717, 1.165) is 24.5 Å². The molecule has 19 heavy (non-hydrogen) atoms. The lowest BCUT2D eigenvalue weighted by molar-refractivity contribution is 0.0115. The third kappa shape index (κ3) is 1.78. The number of rotatable bonds is 1. The summed E-state index contributed by atoms with van der Waals surface area (Å²) in [5.41, 5.74) is 2.67. The van der Waals surface area contributed by atoms with E-state index in [1.807, 2.05) is 24.3 Å². The van der Waals surface area contributed by atoms with Crippen molar-refractivity contribution in [3.05, 3.63) is 59.7 Å². The first-order valence-electron chi connectivity index (χ1n) is 6.65. The highest BCUT2D eigenvalue weighted by molar-refractivity contribution is 5.43. The van der Waals surface area contributed by atoms with Crippen molar-refractivity contribution in [2.24, 2.45) is 0 Å². The summed E-state index contributed by atoms with van der Waals surface area (Å²) >= 11 is 0. The summed E-state index contributed by atoms with van der Waals surface area (Å²) in [5, 5.41) is 3.50. The predicted octanol–water partition coefficient (Wildman–Crippen LogP) is 2.67. The molecule has 0 amide bonds. The maximum absolute atomic E-state index is 5.92. The number of fused-ring (bicyclic) bond motifs is 2. The lowest BCUT2D eigenvalue weighted by Crippen LogP contribution is -2.41. The summed E-state index contributed by atoms with van der Waals surface area (Å²) < 4.78 is 11.8.